The molecule has 0 saturated carbocycles. The van der Waals surface area contributed by atoms with E-state index in [9.17, 15) is 5.26 Å². The lowest BCUT2D eigenvalue weighted by Gasteiger charge is -2.38. The molecule has 0 atom stereocenters. The van der Waals surface area contributed by atoms with Crippen LogP contribution in [0.25, 0.3) is 0 Å². The zero-order valence-corrected chi connectivity index (χ0v) is 17.5. The van der Waals surface area contributed by atoms with Crippen LogP contribution in [0.4, 0.5) is 17.2 Å². The second kappa shape index (κ2) is 7.80. The molecule has 2 N–H and O–H groups in total. The second-order valence-corrected chi connectivity index (χ2v) is 7.94. The Bertz CT molecular complexity index is 1160. The van der Waals surface area contributed by atoms with Gasteiger partial charge in [0.25, 0.3) is 0 Å². The second-order valence-electron chi connectivity index (χ2n) is 7.94. The van der Waals surface area contributed by atoms with E-state index in [-0.39, 0.29) is 6.79 Å². The van der Waals surface area contributed by atoms with Gasteiger partial charge in [0.05, 0.1) is 12.2 Å². The van der Waals surface area contributed by atoms with Gasteiger partial charge in [0.2, 0.25) is 6.79 Å². The molecule has 2 aliphatic rings. The van der Waals surface area contributed by atoms with E-state index in [1.807, 2.05) is 28.8 Å². The molecular formula is C24H25N5O2. The number of hydrogen-bond acceptors (Lipinski definition) is 6. The molecule has 3 heterocycles. The number of nitriles is 1. The number of fused-ring (bicyclic) bond motifs is 1. The van der Waals surface area contributed by atoms with Crippen LogP contribution in [0.15, 0.2) is 48.5 Å². The van der Waals surface area contributed by atoms with Gasteiger partial charge < -0.3 is 29.6 Å². The lowest BCUT2D eigenvalue weighted by molar-refractivity contribution is 0.174. The summed E-state index contributed by atoms with van der Waals surface area (Å²) in [6.07, 6.45) is 0. The summed E-state index contributed by atoms with van der Waals surface area (Å²) in [5, 5.41) is 9.69. The molecule has 1 saturated heterocycles. The fourth-order valence-electron chi connectivity index (χ4n) is 4.38. The molecule has 0 bridgehead atoms. The number of hydrogen-bond donors (Lipinski definition) is 1. The van der Waals surface area contributed by atoms with Gasteiger partial charge in [0, 0.05) is 37.9 Å². The molecule has 3 aromatic rings. The van der Waals surface area contributed by atoms with Gasteiger partial charge in [-0.1, -0.05) is 24.3 Å². The van der Waals surface area contributed by atoms with E-state index in [1.54, 1.807) is 6.07 Å². The quantitative estimate of drug-likeness (QED) is 0.704. The Kier molecular flexibility index (Phi) is 4.83. The first kappa shape index (κ1) is 19.2. The van der Waals surface area contributed by atoms with Gasteiger partial charge in [-0.15, -0.1) is 0 Å². The van der Waals surface area contributed by atoms with Gasteiger partial charge in [-0.05, 0) is 36.2 Å². The van der Waals surface area contributed by atoms with Crippen LogP contribution in [0, 0.1) is 18.3 Å². The Balaban J connectivity index is 1.37. The van der Waals surface area contributed by atoms with Crippen LogP contribution in [0.5, 0.6) is 11.5 Å². The van der Waals surface area contributed by atoms with Gasteiger partial charge in [-0.3, -0.25) is 0 Å². The van der Waals surface area contributed by atoms with Crippen LogP contribution in [-0.4, -0.2) is 37.5 Å². The Morgan fingerprint density at radius 1 is 0.968 bits per heavy atom. The average Bonchev–Trinajstić information content (AvgIpc) is 3.39. The summed E-state index contributed by atoms with van der Waals surface area (Å²) >= 11 is 0. The van der Waals surface area contributed by atoms with Crippen LogP contribution in [0.1, 0.15) is 16.8 Å². The molecule has 7 heteroatoms. The number of aryl methyl sites for hydroxylation is 1. The Morgan fingerprint density at radius 2 is 1.71 bits per heavy atom. The Labute approximate surface area is 181 Å². The number of anilines is 3. The summed E-state index contributed by atoms with van der Waals surface area (Å²) in [7, 11) is 0. The van der Waals surface area contributed by atoms with E-state index in [0.717, 1.165) is 49.2 Å². The minimum absolute atomic E-state index is 0.283. The SMILES string of the molecule is Cc1ccccc1Cn1c(C#N)cc(N)c1N1CCN(c2ccc3c(c2)OCO3)CC1. The standard InChI is InChI=1S/C24H25N5O2/c1-17-4-2-3-5-18(17)15-29-20(14-25)12-21(26)24(29)28-10-8-27(9-11-28)19-6-7-22-23(13-19)31-16-30-22/h2-7,12-13H,8-11,15-16,26H2,1H3. The highest BCUT2D eigenvalue weighted by atomic mass is 16.7. The van der Waals surface area contributed by atoms with Crippen LogP contribution in [0.3, 0.4) is 0 Å². The van der Waals surface area contributed by atoms with Crippen molar-refractivity contribution in [1.82, 2.24) is 4.57 Å². The van der Waals surface area contributed by atoms with E-state index < -0.39 is 0 Å². The maximum absolute atomic E-state index is 9.69. The molecule has 0 amide bonds. The van der Waals surface area contributed by atoms with E-state index in [4.69, 9.17) is 15.2 Å². The summed E-state index contributed by atoms with van der Waals surface area (Å²) in [4.78, 5) is 4.63. The highest BCUT2D eigenvalue weighted by Crippen LogP contribution is 2.36. The fourth-order valence-corrected chi connectivity index (χ4v) is 4.38. The predicted octanol–water partition coefficient (Wildman–Crippen LogP) is 3.35. The van der Waals surface area contributed by atoms with E-state index in [1.165, 1.54) is 11.1 Å². The van der Waals surface area contributed by atoms with Crippen LogP contribution < -0.4 is 25.0 Å². The number of nitrogen functional groups attached to an aromatic ring is 1. The van der Waals surface area contributed by atoms with Crippen LogP contribution in [0.2, 0.25) is 0 Å². The molecule has 0 unspecified atom stereocenters. The third-order valence-electron chi connectivity index (χ3n) is 6.10. The third kappa shape index (κ3) is 3.50. The molecule has 158 valence electrons. The average molecular weight is 415 g/mol. The Hall–Kier alpha value is -3.79. The third-order valence-corrected chi connectivity index (χ3v) is 6.10. The molecule has 1 fully saturated rings. The molecule has 1 aromatic heterocycles. The summed E-state index contributed by atoms with van der Waals surface area (Å²) in [5.74, 6) is 2.54. The van der Waals surface area contributed by atoms with Crippen molar-refractivity contribution in [1.29, 1.82) is 5.26 Å². The maximum Gasteiger partial charge on any atom is 0.231 e. The molecule has 0 aliphatic carbocycles. The smallest absolute Gasteiger partial charge is 0.231 e. The monoisotopic (exact) mass is 415 g/mol. The lowest BCUT2D eigenvalue weighted by atomic mass is 10.1. The first-order valence-electron chi connectivity index (χ1n) is 10.5. The van der Waals surface area contributed by atoms with Gasteiger partial charge >= 0.3 is 0 Å². The highest BCUT2D eigenvalue weighted by Gasteiger charge is 2.25. The van der Waals surface area contributed by atoms with Crippen LogP contribution >= 0.6 is 0 Å². The van der Waals surface area contributed by atoms with Gasteiger partial charge in [0.1, 0.15) is 17.6 Å². The molecular weight excluding hydrogens is 390 g/mol. The van der Waals surface area contributed by atoms with E-state index >= 15 is 0 Å². The summed E-state index contributed by atoms with van der Waals surface area (Å²) in [5.41, 5.74) is 11.2. The van der Waals surface area contributed by atoms with Crippen molar-refractivity contribution in [3.05, 3.63) is 65.4 Å². The van der Waals surface area contributed by atoms with Crippen molar-refractivity contribution in [3.63, 3.8) is 0 Å². The molecule has 7 nitrogen and oxygen atoms in total. The number of rotatable bonds is 4. The largest absolute Gasteiger partial charge is 0.454 e. The number of ether oxygens (including phenoxy) is 2. The summed E-state index contributed by atoms with van der Waals surface area (Å²) < 4.78 is 13.0. The first-order chi connectivity index (χ1) is 15.1. The number of nitrogens with two attached hydrogens (primary N) is 1. The topological polar surface area (TPSA) is 79.7 Å². The minimum atomic E-state index is 0.283. The van der Waals surface area contributed by atoms with Crippen molar-refractivity contribution in [3.8, 4) is 17.6 Å². The van der Waals surface area contributed by atoms with Crippen molar-refractivity contribution in [2.24, 2.45) is 0 Å². The van der Waals surface area contributed by atoms with Gasteiger partial charge in [-0.2, -0.15) is 5.26 Å². The van der Waals surface area contributed by atoms with Crippen LogP contribution in [-0.2, 0) is 6.54 Å². The Morgan fingerprint density at radius 3 is 2.48 bits per heavy atom. The number of aromatic nitrogens is 1. The minimum Gasteiger partial charge on any atom is -0.454 e. The maximum atomic E-state index is 9.69. The number of piperazine rings is 1. The van der Waals surface area contributed by atoms with E-state index in [2.05, 4.69) is 41.0 Å². The lowest BCUT2D eigenvalue weighted by Crippen LogP contribution is -2.47. The fraction of sp³-hybridized carbons (Fsp3) is 0.292. The molecule has 31 heavy (non-hydrogen) atoms. The summed E-state index contributed by atoms with van der Waals surface area (Å²) in [6.45, 7) is 6.36. The zero-order valence-electron chi connectivity index (χ0n) is 17.5. The van der Waals surface area contributed by atoms with Crippen molar-refractivity contribution >= 4 is 17.2 Å². The molecule has 2 aliphatic heterocycles. The zero-order chi connectivity index (χ0) is 21.4. The highest BCUT2D eigenvalue weighted by molar-refractivity contribution is 5.69. The first-order valence-corrected chi connectivity index (χ1v) is 10.5. The molecule has 2 aromatic carbocycles. The van der Waals surface area contributed by atoms with Crippen molar-refractivity contribution in [2.75, 3.05) is 48.5 Å². The molecule has 5 rings (SSSR count). The number of benzene rings is 2. The summed E-state index contributed by atoms with van der Waals surface area (Å²) in [6, 6.07) is 18.5. The van der Waals surface area contributed by atoms with Crippen molar-refractivity contribution < 1.29 is 9.47 Å². The number of nitrogens with zero attached hydrogens (tertiary/aromatic N) is 4. The predicted molar refractivity (Wildman–Crippen MR) is 121 cm³/mol. The normalized spacial score (nSPS) is 15.2. The van der Waals surface area contributed by atoms with Gasteiger partial charge in [0.15, 0.2) is 11.5 Å². The van der Waals surface area contributed by atoms with E-state index in [0.29, 0.717) is 17.9 Å². The van der Waals surface area contributed by atoms with Gasteiger partial charge in [-0.25, -0.2) is 0 Å². The molecule has 0 radical (unpaired) electrons. The molecule has 0 spiro atoms. The van der Waals surface area contributed by atoms with Crippen molar-refractivity contribution in [2.45, 2.75) is 13.5 Å².